The van der Waals surface area contributed by atoms with Crippen LogP contribution in [0.3, 0.4) is 0 Å². The van der Waals surface area contributed by atoms with E-state index in [0.717, 1.165) is 23.9 Å². The molecule has 1 atom stereocenters. The van der Waals surface area contributed by atoms with E-state index in [9.17, 15) is 0 Å². The molecule has 0 amide bonds. The van der Waals surface area contributed by atoms with Gasteiger partial charge in [-0.15, -0.1) is 0 Å². The fourth-order valence-corrected chi connectivity index (χ4v) is 3.87. The second-order valence-electron chi connectivity index (χ2n) is 7.29. The lowest BCUT2D eigenvalue weighted by Gasteiger charge is -2.34. The van der Waals surface area contributed by atoms with Gasteiger partial charge in [0.2, 0.25) is 5.95 Å². The smallest absolute Gasteiger partial charge is 0.232 e. The zero-order chi connectivity index (χ0) is 19.9. The summed E-state index contributed by atoms with van der Waals surface area (Å²) in [5.41, 5.74) is 0. The van der Waals surface area contributed by atoms with Crippen LogP contribution in [0.1, 0.15) is 40.0 Å². The van der Waals surface area contributed by atoms with Gasteiger partial charge >= 0.3 is 0 Å². The molecule has 1 aliphatic rings. The predicted molar refractivity (Wildman–Crippen MR) is 118 cm³/mol. The molecule has 150 valence electrons. The normalized spacial score (nSPS) is 16.9. The first-order valence-electron chi connectivity index (χ1n) is 9.66. The van der Waals surface area contributed by atoms with Gasteiger partial charge in [-0.1, -0.05) is 13.8 Å². The number of thiocarbonyl (C=S) groups is 1. The first-order valence-corrected chi connectivity index (χ1v) is 10.9. The number of anilines is 2. The molecule has 0 bridgehead atoms. The summed E-state index contributed by atoms with van der Waals surface area (Å²) >= 11 is 6.83. The van der Waals surface area contributed by atoms with Crippen LogP contribution in [0, 0.1) is 5.92 Å². The van der Waals surface area contributed by atoms with Crippen molar-refractivity contribution in [3.05, 3.63) is 24.5 Å². The van der Waals surface area contributed by atoms with Crippen LogP contribution in [-0.4, -0.2) is 44.2 Å². The minimum atomic E-state index is 0.452. The van der Waals surface area contributed by atoms with Gasteiger partial charge in [-0.25, -0.2) is 15.0 Å². The van der Waals surface area contributed by atoms with E-state index in [1.54, 1.807) is 18.5 Å². The Kier molecular flexibility index (Phi) is 7.38. The number of nitrogens with zero attached hydrogens (tertiary/aromatic N) is 5. The highest BCUT2D eigenvalue weighted by Crippen LogP contribution is 2.29. The fourth-order valence-electron chi connectivity index (χ4n) is 2.98. The predicted octanol–water partition coefficient (Wildman–Crippen LogP) is 3.74. The molecular weight excluding hydrogens is 390 g/mol. The van der Waals surface area contributed by atoms with Gasteiger partial charge in [0.05, 0.1) is 0 Å². The van der Waals surface area contributed by atoms with Crippen LogP contribution in [0.4, 0.5) is 11.8 Å². The third kappa shape index (κ3) is 6.00. The van der Waals surface area contributed by atoms with Crippen molar-refractivity contribution in [1.29, 1.82) is 0 Å². The van der Waals surface area contributed by atoms with Crippen LogP contribution >= 0.6 is 24.0 Å². The molecule has 1 saturated heterocycles. The van der Waals surface area contributed by atoms with Crippen LogP contribution in [0.2, 0.25) is 0 Å². The summed E-state index contributed by atoms with van der Waals surface area (Å²) < 4.78 is 0. The first-order chi connectivity index (χ1) is 13.5. The lowest BCUT2D eigenvalue weighted by atomic mass is 10.0. The molecule has 9 heteroatoms. The summed E-state index contributed by atoms with van der Waals surface area (Å²) in [4.78, 5) is 20.3. The SMILES string of the molecule is CC(C)CNC(=S)Nc1nc(Sc2ncccn2)cc(N2CCCC[C@H]2C)n1. The summed E-state index contributed by atoms with van der Waals surface area (Å²) in [7, 11) is 0. The maximum atomic E-state index is 5.40. The second kappa shape index (κ2) is 9.97. The Morgan fingerprint density at radius 3 is 2.79 bits per heavy atom. The molecule has 2 aromatic rings. The van der Waals surface area contributed by atoms with Crippen molar-refractivity contribution in [3.8, 4) is 0 Å². The van der Waals surface area contributed by atoms with Gasteiger partial charge in [0.1, 0.15) is 10.8 Å². The van der Waals surface area contributed by atoms with E-state index in [0.29, 0.717) is 28.2 Å². The molecule has 0 unspecified atom stereocenters. The van der Waals surface area contributed by atoms with E-state index >= 15 is 0 Å². The van der Waals surface area contributed by atoms with E-state index in [2.05, 4.69) is 51.3 Å². The summed E-state index contributed by atoms with van der Waals surface area (Å²) in [6.45, 7) is 8.32. The zero-order valence-electron chi connectivity index (χ0n) is 16.6. The molecule has 28 heavy (non-hydrogen) atoms. The third-order valence-electron chi connectivity index (χ3n) is 4.42. The van der Waals surface area contributed by atoms with E-state index in [1.807, 2.05) is 6.07 Å². The van der Waals surface area contributed by atoms with Crippen molar-refractivity contribution in [2.75, 3.05) is 23.3 Å². The van der Waals surface area contributed by atoms with Gasteiger partial charge in [-0.2, -0.15) is 4.98 Å². The zero-order valence-corrected chi connectivity index (χ0v) is 18.2. The standard InChI is InChI=1S/C19H27N7S2/c1-13(2)12-22-18(27)25-17-23-15(26-10-5-4-7-14(26)3)11-16(24-17)28-19-20-8-6-9-21-19/h6,8-9,11,13-14H,4-5,7,10,12H2,1-3H3,(H2,22,23,24,25,27)/t14-/m1/s1. The first kappa shape index (κ1) is 20.7. The van der Waals surface area contributed by atoms with Crippen LogP contribution in [0.15, 0.2) is 34.7 Å². The molecule has 2 N–H and O–H groups in total. The van der Waals surface area contributed by atoms with E-state index in [4.69, 9.17) is 17.2 Å². The number of rotatable bonds is 6. The maximum absolute atomic E-state index is 5.40. The Labute approximate surface area is 176 Å². The van der Waals surface area contributed by atoms with Crippen molar-refractivity contribution in [1.82, 2.24) is 25.3 Å². The topological polar surface area (TPSA) is 78.9 Å². The second-order valence-corrected chi connectivity index (χ2v) is 8.68. The molecule has 7 nitrogen and oxygen atoms in total. The summed E-state index contributed by atoms with van der Waals surface area (Å²) in [6, 6.07) is 4.27. The van der Waals surface area contributed by atoms with Gasteiger partial charge in [0.25, 0.3) is 0 Å². The number of nitrogens with one attached hydrogen (secondary N) is 2. The van der Waals surface area contributed by atoms with Crippen LogP contribution in [0.5, 0.6) is 0 Å². The minimum Gasteiger partial charge on any atom is -0.362 e. The summed E-state index contributed by atoms with van der Waals surface area (Å²) in [6.07, 6.45) is 7.07. The Hall–Kier alpha value is -2.00. The van der Waals surface area contributed by atoms with E-state index in [1.165, 1.54) is 31.0 Å². The number of piperidine rings is 1. The minimum absolute atomic E-state index is 0.452. The number of hydrogen-bond donors (Lipinski definition) is 2. The largest absolute Gasteiger partial charge is 0.362 e. The monoisotopic (exact) mass is 417 g/mol. The van der Waals surface area contributed by atoms with Gasteiger partial charge in [0.15, 0.2) is 10.3 Å². The Bertz CT molecular complexity index is 785. The molecule has 0 saturated carbocycles. The van der Waals surface area contributed by atoms with Gasteiger partial charge < -0.3 is 15.5 Å². The van der Waals surface area contributed by atoms with Crippen molar-refractivity contribution in [3.63, 3.8) is 0 Å². The van der Waals surface area contributed by atoms with Crippen molar-refractivity contribution in [2.45, 2.75) is 56.3 Å². The van der Waals surface area contributed by atoms with Gasteiger partial charge in [-0.3, -0.25) is 0 Å². The van der Waals surface area contributed by atoms with Gasteiger partial charge in [0, 0.05) is 37.6 Å². The average Bonchev–Trinajstić information content (AvgIpc) is 2.67. The Morgan fingerprint density at radius 1 is 1.29 bits per heavy atom. The molecule has 1 aliphatic heterocycles. The molecule has 0 radical (unpaired) electrons. The van der Waals surface area contributed by atoms with Gasteiger partial charge in [-0.05, 0) is 62.2 Å². The third-order valence-corrected chi connectivity index (χ3v) is 5.48. The number of hydrogen-bond acceptors (Lipinski definition) is 7. The lowest BCUT2D eigenvalue weighted by molar-refractivity contribution is 0.480. The Morgan fingerprint density at radius 2 is 2.07 bits per heavy atom. The quantitative estimate of drug-likeness (QED) is 0.415. The van der Waals surface area contributed by atoms with E-state index in [-0.39, 0.29) is 0 Å². The molecule has 3 rings (SSSR count). The average molecular weight is 418 g/mol. The fraction of sp³-hybridized carbons (Fsp3) is 0.526. The van der Waals surface area contributed by atoms with E-state index < -0.39 is 0 Å². The lowest BCUT2D eigenvalue weighted by Crippen LogP contribution is -2.38. The maximum Gasteiger partial charge on any atom is 0.232 e. The van der Waals surface area contributed by atoms with Crippen LogP contribution in [-0.2, 0) is 0 Å². The summed E-state index contributed by atoms with van der Waals surface area (Å²) in [5.74, 6) is 1.91. The Balaban J connectivity index is 1.83. The van der Waals surface area contributed by atoms with Crippen molar-refractivity contribution < 1.29 is 0 Å². The summed E-state index contributed by atoms with van der Waals surface area (Å²) in [5, 5.41) is 8.32. The molecule has 2 aromatic heterocycles. The van der Waals surface area contributed by atoms with Crippen molar-refractivity contribution in [2.24, 2.45) is 5.92 Å². The molecule has 0 aromatic carbocycles. The van der Waals surface area contributed by atoms with Crippen LogP contribution < -0.4 is 15.5 Å². The molecule has 1 fully saturated rings. The van der Waals surface area contributed by atoms with Crippen LogP contribution in [0.25, 0.3) is 0 Å². The highest BCUT2D eigenvalue weighted by atomic mass is 32.2. The number of aromatic nitrogens is 4. The van der Waals surface area contributed by atoms with Crippen molar-refractivity contribution >= 4 is 40.9 Å². The molecule has 3 heterocycles. The molecule has 0 aliphatic carbocycles. The highest BCUT2D eigenvalue weighted by molar-refractivity contribution is 7.99. The molecular formula is C19H27N7S2. The highest BCUT2D eigenvalue weighted by Gasteiger charge is 2.21. The molecule has 0 spiro atoms.